The van der Waals surface area contributed by atoms with Gasteiger partial charge in [0.15, 0.2) is 0 Å². The van der Waals surface area contributed by atoms with Crippen LogP contribution in [0.25, 0.3) is 0 Å². The van der Waals surface area contributed by atoms with Gasteiger partial charge in [0.1, 0.15) is 0 Å². The third kappa shape index (κ3) is 1.32. The second-order valence-corrected chi connectivity index (χ2v) is 7.78. The molecule has 0 aromatic carbocycles. The van der Waals surface area contributed by atoms with Crippen LogP contribution in [-0.2, 0) is 0 Å². The standard InChI is InChI=1S/C14H25N/c1-10(15)14-6-11-4-12(2,8-14)7-13(3,5-11)9-14/h10-11H,4-9,15H2,1-3H3/t10-,11?,12?,13?,14?/m1/s1. The molecule has 3 atom stereocenters. The summed E-state index contributed by atoms with van der Waals surface area (Å²) in [5.74, 6) is 0.988. The summed E-state index contributed by atoms with van der Waals surface area (Å²) >= 11 is 0. The first kappa shape index (κ1) is 10.1. The highest BCUT2D eigenvalue weighted by Gasteiger charge is 2.60. The van der Waals surface area contributed by atoms with Gasteiger partial charge in [-0.3, -0.25) is 0 Å². The lowest BCUT2D eigenvalue weighted by Crippen LogP contribution is -2.59. The van der Waals surface area contributed by atoms with Crippen molar-refractivity contribution in [2.75, 3.05) is 0 Å². The fraction of sp³-hybridized carbons (Fsp3) is 1.00. The smallest absolute Gasteiger partial charge is 0.00675 e. The van der Waals surface area contributed by atoms with Crippen LogP contribution in [0.4, 0.5) is 0 Å². The summed E-state index contributed by atoms with van der Waals surface area (Å²) in [7, 11) is 0. The van der Waals surface area contributed by atoms with Gasteiger partial charge < -0.3 is 5.73 Å². The van der Waals surface area contributed by atoms with E-state index in [4.69, 9.17) is 5.73 Å². The zero-order chi connectivity index (χ0) is 10.9. The summed E-state index contributed by atoms with van der Waals surface area (Å²) in [4.78, 5) is 0. The van der Waals surface area contributed by atoms with Gasteiger partial charge in [-0.1, -0.05) is 13.8 Å². The Morgan fingerprint density at radius 3 is 1.93 bits per heavy atom. The summed E-state index contributed by atoms with van der Waals surface area (Å²) in [6.07, 6.45) is 8.67. The van der Waals surface area contributed by atoms with Gasteiger partial charge in [0.2, 0.25) is 0 Å². The van der Waals surface area contributed by atoms with Crippen molar-refractivity contribution in [2.24, 2.45) is 27.9 Å². The molecule has 4 saturated carbocycles. The Morgan fingerprint density at radius 2 is 1.53 bits per heavy atom. The van der Waals surface area contributed by atoms with Crippen molar-refractivity contribution in [1.82, 2.24) is 0 Å². The van der Waals surface area contributed by atoms with E-state index >= 15 is 0 Å². The summed E-state index contributed by atoms with van der Waals surface area (Å²) < 4.78 is 0. The third-order valence-electron chi connectivity index (χ3n) is 5.64. The van der Waals surface area contributed by atoms with Gasteiger partial charge in [-0.15, -0.1) is 0 Å². The van der Waals surface area contributed by atoms with E-state index in [0.717, 1.165) is 5.92 Å². The maximum atomic E-state index is 6.31. The first-order valence-corrected chi connectivity index (χ1v) is 6.61. The van der Waals surface area contributed by atoms with Gasteiger partial charge in [0, 0.05) is 6.04 Å². The number of rotatable bonds is 1. The summed E-state index contributed by atoms with van der Waals surface area (Å²) in [6.45, 7) is 7.29. The topological polar surface area (TPSA) is 26.0 Å². The number of hydrogen-bond donors (Lipinski definition) is 1. The SMILES string of the molecule is C[C@@H](N)C12CC3CC(C)(CC(C)(C3)C1)C2. The molecule has 0 saturated heterocycles. The van der Waals surface area contributed by atoms with Gasteiger partial charge in [-0.25, -0.2) is 0 Å². The molecule has 1 nitrogen and oxygen atoms in total. The van der Waals surface area contributed by atoms with Crippen molar-refractivity contribution in [2.45, 2.75) is 65.3 Å². The monoisotopic (exact) mass is 207 g/mol. The Hall–Kier alpha value is -0.0400. The minimum absolute atomic E-state index is 0.402. The Kier molecular flexibility index (Phi) is 1.77. The van der Waals surface area contributed by atoms with E-state index in [1.807, 2.05) is 0 Å². The molecular weight excluding hydrogens is 182 g/mol. The van der Waals surface area contributed by atoms with Crippen LogP contribution in [0.1, 0.15) is 59.3 Å². The number of hydrogen-bond acceptors (Lipinski definition) is 1. The minimum atomic E-state index is 0.402. The Labute approximate surface area is 93.8 Å². The van der Waals surface area contributed by atoms with Crippen molar-refractivity contribution in [3.8, 4) is 0 Å². The van der Waals surface area contributed by atoms with E-state index in [2.05, 4.69) is 20.8 Å². The highest BCUT2D eigenvalue weighted by atomic mass is 14.7. The van der Waals surface area contributed by atoms with Crippen LogP contribution in [-0.4, -0.2) is 6.04 Å². The summed E-state index contributed by atoms with van der Waals surface area (Å²) in [5, 5.41) is 0. The summed E-state index contributed by atoms with van der Waals surface area (Å²) in [5.41, 5.74) is 8.07. The zero-order valence-electron chi connectivity index (χ0n) is 10.5. The predicted molar refractivity (Wildman–Crippen MR) is 63.5 cm³/mol. The lowest BCUT2D eigenvalue weighted by Gasteiger charge is -2.66. The van der Waals surface area contributed by atoms with Gasteiger partial charge in [-0.05, 0) is 67.6 Å². The van der Waals surface area contributed by atoms with Gasteiger partial charge in [0.05, 0.1) is 0 Å². The Bertz CT molecular complexity index is 276. The Morgan fingerprint density at radius 1 is 1.00 bits per heavy atom. The molecule has 4 aliphatic carbocycles. The average molecular weight is 207 g/mol. The first-order valence-electron chi connectivity index (χ1n) is 6.61. The van der Waals surface area contributed by atoms with E-state index in [-0.39, 0.29) is 0 Å². The van der Waals surface area contributed by atoms with E-state index in [0.29, 0.717) is 22.3 Å². The fourth-order valence-corrected chi connectivity index (χ4v) is 6.04. The van der Waals surface area contributed by atoms with Gasteiger partial charge in [0.25, 0.3) is 0 Å². The van der Waals surface area contributed by atoms with E-state index in [1.54, 1.807) is 0 Å². The van der Waals surface area contributed by atoms with E-state index in [1.165, 1.54) is 38.5 Å². The Balaban J connectivity index is 2.02. The van der Waals surface area contributed by atoms with Crippen LogP contribution >= 0.6 is 0 Å². The van der Waals surface area contributed by atoms with Gasteiger partial charge >= 0.3 is 0 Å². The van der Waals surface area contributed by atoms with Crippen molar-refractivity contribution >= 4 is 0 Å². The van der Waals surface area contributed by atoms with Crippen molar-refractivity contribution in [1.29, 1.82) is 0 Å². The third-order valence-corrected chi connectivity index (χ3v) is 5.64. The summed E-state index contributed by atoms with van der Waals surface area (Å²) in [6, 6.07) is 0.402. The second kappa shape index (κ2) is 2.61. The maximum Gasteiger partial charge on any atom is 0.00675 e. The minimum Gasteiger partial charge on any atom is -0.327 e. The molecule has 0 aromatic rings. The van der Waals surface area contributed by atoms with Crippen molar-refractivity contribution in [3.05, 3.63) is 0 Å². The zero-order valence-corrected chi connectivity index (χ0v) is 10.5. The average Bonchev–Trinajstić information content (AvgIpc) is 1.95. The lowest BCUT2D eigenvalue weighted by atomic mass is 9.39. The molecule has 1 heteroatoms. The molecule has 0 radical (unpaired) electrons. The predicted octanol–water partition coefficient (Wildman–Crippen LogP) is 3.33. The van der Waals surface area contributed by atoms with Crippen LogP contribution in [0, 0.1) is 22.2 Å². The second-order valence-electron chi connectivity index (χ2n) is 7.78. The van der Waals surface area contributed by atoms with Crippen molar-refractivity contribution in [3.63, 3.8) is 0 Å². The maximum absolute atomic E-state index is 6.31. The van der Waals surface area contributed by atoms with E-state index < -0.39 is 0 Å². The number of nitrogens with two attached hydrogens (primary N) is 1. The molecular formula is C14H25N. The molecule has 0 aromatic heterocycles. The first-order chi connectivity index (χ1) is 6.85. The van der Waals surface area contributed by atoms with Crippen molar-refractivity contribution < 1.29 is 0 Å². The molecule has 4 rings (SSSR count). The fourth-order valence-electron chi connectivity index (χ4n) is 6.04. The largest absolute Gasteiger partial charge is 0.327 e. The van der Waals surface area contributed by atoms with Crippen LogP contribution in [0.2, 0.25) is 0 Å². The molecule has 0 spiro atoms. The van der Waals surface area contributed by atoms with Gasteiger partial charge in [-0.2, -0.15) is 0 Å². The molecule has 86 valence electrons. The molecule has 4 fully saturated rings. The van der Waals surface area contributed by atoms with E-state index in [9.17, 15) is 0 Å². The molecule has 0 amide bonds. The van der Waals surface area contributed by atoms with Crippen LogP contribution in [0.5, 0.6) is 0 Å². The highest BCUT2D eigenvalue weighted by molar-refractivity contribution is 5.12. The quantitative estimate of drug-likeness (QED) is 0.701. The molecule has 2 N–H and O–H groups in total. The van der Waals surface area contributed by atoms with Crippen LogP contribution < -0.4 is 5.73 Å². The van der Waals surface area contributed by atoms with Crippen LogP contribution in [0.15, 0.2) is 0 Å². The molecule has 0 aliphatic heterocycles. The lowest BCUT2D eigenvalue weighted by molar-refractivity contribution is -0.151. The highest BCUT2D eigenvalue weighted by Crippen LogP contribution is 2.70. The molecule has 2 unspecified atom stereocenters. The van der Waals surface area contributed by atoms with Crippen LogP contribution in [0.3, 0.4) is 0 Å². The normalized spacial score (nSPS) is 59.6. The molecule has 4 bridgehead atoms. The molecule has 15 heavy (non-hydrogen) atoms. The molecule has 0 heterocycles. The molecule has 4 aliphatic rings.